The summed E-state index contributed by atoms with van der Waals surface area (Å²) in [6.07, 6.45) is 8.26. The van der Waals surface area contributed by atoms with E-state index >= 15 is 0 Å². The third kappa shape index (κ3) is 4.53. The molecule has 2 N–H and O–H groups in total. The number of aromatic nitrogens is 1. The number of nitrogens with zero attached hydrogens (tertiary/aromatic N) is 1. The molecule has 0 saturated heterocycles. The number of nitrogens with one attached hydrogen (secondary N) is 2. The monoisotopic (exact) mass is 335 g/mol. The second-order valence-electron chi connectivity index (χ2n) is 6.21. The maximum atomic E-state index is 12.4. The Bertz CT molecular complexity index is 797. The van der Waals surface area contributed by atoms with Gasteiger partial charge in [-0.05, 0) is 49.9 Å². The number of allylic oxidation sites excluding steroid dienone is 2. The maximum absolute atomic E-state index is 12.4. The first kappa shape index (κ1) is 16.9. The molecule has 3 rings (SSSR count). The average molecular weight is 335 g/mol. The summed E-state index contributed by atoms with van der Waals surface area (Å²) >= 11 is 0. The number of amides is 2. The predicted octanol–water partition coefficient (Wildman–Crippen LogP) is 3.94. The zero-order chi connectivity index (χ0) is 17.6. The number of carbonyl (C=O) groups is 2. The fourth-order valence-corrected chi connectivity index (χ4v) is 2.80. The molecule has 1 aliphatic rings. The fourth-order valence-electron chi connectivity index (χ4n) is 2.80. The molecule has 1 unspecified atom stereocenters. The molecule has 2 aromatic rings. The highest BCUT2D eigenvalue weighted by atomic mass is 16.2. The SMILES string of the molecule is Cc1ccc(C(=O)Nc2ccccc2NC(=O)CC2C=CCC2)cn1. The van der Waals surface area contributed by atoms with Crippen molar-refractivity contribution in [3.63, 3.8) is 0 Å². The van der Waals surface area contributed by atoms with Gasteiger partial charge < -0.3 is 10.6 Å². The first-order valence-electron chi connectivity index (χ1n) is 8.41. The Morgan fingerprint density at radius 1 is 1.12 bits per heavy atom. The van der Waals surface area contributed by atoms with Crippen LogP contribution >= 0.6 is 0 Å². The van der Waals surface area contributed by atoms with E-state index < -0.39 is 0 Å². The molecule has 1 aliphatic carbocycles. The van der Waals surface area contributed by atoms with Crippen molar-refractivity contribution in [2.75, 3.05) is 10.6 Å². The molecule has 0 bridgehead atoms. The van der Waals surface area contributed by atoms with Crippen LogP contribution < -0.4 is 10.6 Å². The standard InChI is InChI=1S/C20H21N3O2/c1-14-10-11-16(13-21-14)20(25)23-18-9-5-4-8-17(18)22-19(24)12-15-6-2-3-7-15/h2,4-6,8-11,13,15H,3,7,12H2,1H3,(H,22,24)(H,23,25). The lowest BCUT2D eigenvalue weighted by Crippen LogP contribution is -2.18. The molecule has 1 aromatic heterocycles. The van der Waals surface area contributed by atoms with E-state index in [1.165, 1.54) is 6.20 Å². The second-order valence-corrected chi connectivity index (χ2v) is 6.21. The first-order valence-corrected chi connectivity index (χ1v) is 8.41. The van der Waals surface area contributed by atoms with Crippen LogP contribution in [0.1, 0.15) is 35.3 Å². The van der Waals surface area contributed by atoms with Crippen molar-refractivity contribution in [3.8, 4) is 0 Å². The summed E-state index contributed by atoms with van der Waals surface area (Å²) in [5, 5.41) is 5.74. The number of rotatable bonds is 5. The van der Waals surface area contributed by atoms with Gasteiger partial charge in [-0.25, -0.2) is 0 Å². The molecule has 25 heavy (non-hydrogen) atoms. The summed E-state index contributed by atoms with van der Waals surface area (Å²) in [5.74, 6) is 0.00330. The summed E-state index contributed by atoms with van der Waals surface area (Å²) in [5.41, 5.74) is 2.50. The normalized spacial score (nSPS) is 15.8. The minimum Gasteiger partial charge on any atom is -0.324 e. The van der Waals surface area contributed by atoms with E-state index in [0.29, 0.717) is 29.3 Å². The lowest BCUT2D eigenvalue weighted by Gasteiger charge is -2.13. The Kier molecular flexibility index (Phi) is 5.23. The number of pyridine rings is 1. The molecular formula is C20H21N3O2. The molecular weight excluding hydrogens is 314 g/mol. The zero-order valence-electron chi connectivity index (χ0n) is 14.2. The molecule has 2 amide bonds. The molecule has 0 fully saturated rings. The number of hydrogen-bond donors (Lipinski definition) is 2. The van der Waals surface area contributed by atoms with Crippen LogP contribution in [0.15, 0.2) is 54.7 Å². The largest absolute Gasteiger partial charge is 0.324 e. The van der Waals surface area contributed by atoms with Crippen LogP contribution in [-0.2, 0) is 4.79 Å². The second kappa shape index (κ2) is 7.75. The summed E-state index contributed by atoms with van der Waals surface area (Å²) < 4.78 is 0. The Hall–Kier alpha value is -2.95. The molecule has 0 spiro atoms. The third-order valence-electron chi connectivity index (χ3n) is 4.18. The summed E-state index contributed by atoms with van der Waals surface area (Å²) in [4.78, 5) is 28.7. The van der Waals surface area contributed by atoms with Crippen LogP contribution in [-0.4, -0.2) is 16.8 Å². The number of benzene rings is 1. The van der Waals surface area contributed by atoms with E-state index in [9.17, 15) is 9.59 Å². The maximum Gasteiger partial charge on any atom is 0.257 e. The molecule has 0 radical (unpaired) electrons. The van der Waals surface area contributed by atoms with Crippen LogP contribution in [0.25, 0.3) is 0 Å². The quantitative estimate of drug-likeness (QED) is 0.813. The van der Waals surface area contributed by atoms with Crippen LogP contribution in [0, 0.1) is 12.8 Å². The Labute approximate surface area is 147 Å². The minimum absolute atomic E-state index is 0.0461. The third-order valence-corrected chi connectivity index (χ3v) is 4.18. The van der Waals surface area contributed by atoms with E-state index in [1.807, 2.05) is 19.1 Å². The van der Waals surface area contributed by atoms with E-state index in [0.717, 1.165) is 18.5 Å². The highest BCUT2D eigenvalue weighted by molar-refractivity contribution is 6.07. The highest BCUT2D eigenvalue weighted by Gasteiger charge is 2.16. The Balaban J connectivity index is 1.67. The van der Waals surface area contributed by atoms with E-state index in [-0.39, 0.29) is 11.8 Å². The topological polar surface area (TPSA) is 71.1 Å². The molecule has 5 heteroatoms. The van der Waals surface area contributed by atoms with Crippen molar-refractivity contribution in [1.29, 1.82) is 0 Å². The van der Waals surface area contributed by atoms with Crippen molar-refractivity contribution >= 4 is 23.2 Å². The summed E-state index contributed by atoms with van der Waals surface area (Å²) in [6, 6.07) is 10.7. The Morgan fingerprint density at radius 3 is 2.52 bits per heavy atom. The van der Waals surface area contributed by atoms with Gasteiger partial charge in [-0.2, -0.15) is 0 Å². The van der Waals surface area contributed by atoms with Crippen LogP contribution in [0.2, 0.25) is 0 Å². The van der Waals surface area contributed by atoms with Gasteiger partial charge in [0.2, 0.25) is 5.91 Å². The van der Waals surface area contributed by atoms with Gasteiger partial charge in [0.15, 0.2) is 0 Å². The molecule has 0 aliphatic heterocycles. The van der Waals surface area contributed by atoms with Crippen molar-refractivity contribution in [1.82, 2.24) is 4.98 Å². The number of para-hydroxylation sites is 2. The fraction of sp³-hybridized carbons (Fsp3) is 0.250. The predicted molar refractivity (Wildman–Crippen MR) is 98.5 cm³/mol. The zero-order valence-corrected chi connectivity index (χ0v) is 14.2. The van der Waals surface area contributed by atoms with Crippen LogP contribution in [0.4, 0.5) is 11.4 Å². The average Bonchev–Trinajstić information content (AvgIpc) is 3.10. The first-order chi connectivity index (χ1) is 12.1. The van der Waals surface area contributed by atoms with E-state index in [1.54, 1.807) is 24.3 Å². The van der Waals surface area contributed by atoms with Gasteiger partial charge in [-0.1, -0.05) is 24.3 Å². The minimum atomic E-state index is -0.257. The molecule has 1 aromatic carbocycles. The number of carbonyl (C=O) groups excluding carboxylic acids is 2. The lowest BCUT2D eigenvalue weighted by atomic mass is 10.0. The molecule has 0 saturated carbocycles. The lowest BCUT2D eigenvalue weighted by molar-refractivity contribution is -0.116. The van der Waals surface area contributed by atoms with Gasteiger partial charge in [0.25, 0.3) is 5.91 Å². The summed E-state index contributed by atoms with van der Waals surface area (Å²) in [7, 11) is 0. The van der Waals surface area contributed by atoms with Gasteiger partial charge in [0.1, 0.15) is 0 Å². The van der Waals surface area contributed by atoms with Crippen LogP contribution in [0.5, 0.6) is 0 Å². The molecule has 128 valence electrons. The van der Waals surface area contributed by atoms with Crippen molar-refractivity contribution < 1.29 is 9.59 Å². The number of aryl methyl sites for hydroxylation is 1. The number of hydrogen-bond acceptors (Lipinski definition) is 3. The van der Waals surface area contributed by atoms with Gasteiger partial charge in [0.05, 0.1) is 16.9 Å². The van der Waals surface area contributed by atoms with E-state index in [4.69, 9.17) is 0 Å². The molecule has 5 nitrogen and oxygen atoms in total. The van der Waals surface area contributed by atoms with Crippen LogP contribution in [0.3, 0.4) is 0 Å². The van der Waals surface area contributed by atoms with Crippen molar-refractivity contribution in [2.24, 2.45) is 5.92 Å². The number of anilines is 2. The molecule has 1 heterocycles. The molecule has 1 atom stereocenters. The van der Waals surface area contributed by atoms with Crippen molar-refractivity contribution in [2.45, 2.75) is 26.2 Å². The van der Waals surface area contributed by atoms with Crippen molar-refractivity contribution in [3.05, 3.63) is 66.0 Å². The summed E-state index contributed by atoms with van der Waals surface area (Å²) in [6.45, 7) is 1.87. The van der Waals surface area contributed by atoms with Gasteiger partial charge in [-0.3, -0.25) is 14.6 Å². The van der Waals surface area contributed by atoms with Gasteiger partial charge in [0, 0.05) is 18.3 Å². The smallest absolute Gasteiger partial charge is 0.257 e. The van der Waals surface area contributed by atoms with E-state index in [2.05, 4.69) is 27.8 Å². The Morgan fingerprint density at radius 2 is 1.88 bits per heavy atom. The van der Waals surface area contributed by atoms with Gasteiger partial charge in [-0.15, -0.1) is 0 Å². The highest BCUT2D eigenvalue weighted by Crippen LogP contribution is 2.24. The van der Waals surface area contributed by atoms with Gasteiger partial charge >= 0.3 is 0 Å².